The molecule has 2 aromatic carbocycles. The van der Waals surface area contributed by atoms with E-state index in [1.165, 1.54) is 42.5 Å². The topological polar surface area (TPSA) is 145 Å². The van der Waals surface area contributed by atoms with E-state index in [9.17, 15) is 27.0 Å². The first-order valence-corrected chi connectivity index (χ1v) is 12.9. The van der Waals surface area contributed by atoms with Crippen LogP contribution in [0.15, 0.2) is 52.3 Å². The van der Waals surface area contributed by atoms with Crippen molar-refractivity contribution in [3.63, 3.8) is 0 Å². The summed E-state index contributed by atoms with van der Waals surface area (Å²) in [4.78, 5) is -0.436. The van der Waals surface area contributed by atoms with Crippen molar-refractivity contribution in [3.05, 3.63) is 53.1 Å². The van der Waals surface area contributed by atoms with Gasteiger partial charge in [-0.15, -0.1) is 0 Å². The highest BCUT2D eigenvalue weighted by Gasteiger charge is 2.55. The number of aliphatic hydroxyl groups is 2. The fourth-order valence-electron chi connectivity index (χ4n) is 3.54. The number of halogens is 1. The number of hydrogen-bond acceptors (Lipinski definition) is 8. The molecule has 172 valence electrons. The average molecular weight is 501 g/mol. The minimum atomic E-state index is -4.34. The van der Waals surface area contributed by atoms with Gasteiger partial charge in [0.2, 0.25) is 10.0 Å². The Morgan fingerprint density at radius 2 is 1.88 bits per heavy atom. The lowest BCUT2D eigenvalue weighted by atomic mass is 10.1. The molecule has 1 saturated heterocycles. The van der Waals surface area contributed by atoms with Gasteiger partial charge in [0.05, 0.1) is 29.7 Å². The minimum Gasteiger partial charge on any atom is -0.492 e. The van der Waals surface area contributed by atoms with Crippen LogP contribution in [0.3, 0.4) is 0 Å². The summed E-state index contributed by atoms with van der Waals surface area (Å²) in [5, 5.41) is 28.5. The number of sulfonamides is 1. The molecule has 2 atom stereocenters. The van der Waals surface area contributed by atoms with Gasteiger partial charge in [-0.05, 0) is 49.4 Å². The molecule has 9 nitrogen and oxygen atoms in total. The van der Waals surface area contributed by atoms with Gasteiger partial charge in [-0.1, -0.05) is 11.6 Å². The predicted octanol–water partition coefficient (Wildman–Crippen LogP) is 1.18. The van der Waals surface area contributed by atoms with E-state index in [0.29, 0.717) is 5.02 Å². The lowest BCUT2D eigenvalue weighted by Crippen LogP contribution is -2.49. The number of rotatable bonds is 7. The number of β-amino-alcohol motifs (C(OH)–C–C–N with tert-alkyl or cyclic N) is 1. The molecule has 1 fully saturated rings. The van der Waals surface area contributed by atoms with Crippen LogP contribution in [0.4, 0.5) is 0 Å². The van der Waals surface area contributed by atoms with Crippen LogP contribution >= 0.6 is 11.6 Å². The van der Waals surface area contributed by atoms with Crippen LogP contribution < -0.4 is 4.74 Å². The summed E-state index contributed by atoms with van der Waals surface area (Å²) in [6, 6.07) is 10.9. The predicted molar refractivity (Wildman–Crippen MR) is 116 cm³/mol. The van der Waals surface area contributed by atoms with E-state index < -0.39 is 50.4 Å². The highest BCUT2D eigenvalue weighted by atomic mass is 35.5. The van der Waals surface area contributed by atoms with Gasteiger partial charge >= 0.3 is 0 Å². The van der Waals surface area contributed by atoms with E-state index in [1.54, 1.807) is 6.92 Å². The number of hydrogen-bond donors (Lipinski definition) is 2. The second-order valence-electron chi connectivity index (χ2n) is 7.25. The first kappa shape index (κ1) is 24.4. The normalized spacial score (nSPS) is 21.9. The van der Waals surface area contributed by atoms with Crippen molar-refractivity contribution in [2.75, 3.05) is 26.3 Å². The maximum atomic E-state index is 13.3. The molecular weight excluding hydrogens is 480 g/mol. The van der Waals surface area contributed by atoms with Crippen LogP contribution in [-0.4, -0.2) is 68.5 Å². The number of nitrogens with zero attached hydrogens (tertiary/aromatic N) is 2. The van der Waals surface area contributed by atoms with Gasteiger partial charge in [-0.3, -0.25) is 0 Å². The number of sulfone groups is 1. The van der Waals surface area contributed by atoms with Crippen LogP contribution in [0.2, 0.25) is 5.02 Å². The molecule has 0 aliphatic carbocycles. The standard InChI is InChI=1S/C20H21ClN2O7S2/c1-2-30-17-9-14(10-22)3-8-18(17)32(28,29)23-11-19(20(25,12-23)13-24)31(26,27)16-6-4-15(21)5-7-16/h3-9,19,24-25H,2,11-13H2,1H3/t19?,20-/m1/s1. The van der Waals surface area contributed by atoms with Gasteiger partial charge in [-0.2, -0.15) is 9.57 Å². The van der Waals surface area contributed by atoms with Crippen LogP contribution in [0, 0.1) is 11.3 Å². The van der Waals surface area contributed by atoms with E-state index in [1.807, 2.05) is 6.07 Å². The smallest absolute Gasteiger partial charge is 0.246 e. The minimum absolute atomic E-state index is 0.0666. The fourth-order valence-corrected chi connectivity index (χ4v) is 7.33. The third kappa shape index (κ3) is 4.34. The summed E-state index contributed by atoms with van der Waals surface area (Å²) < 4.78 is 59.2. The summed E-state index contributed by atoms with van der Waals surface area (Å²) in [7, 11) is -8.57. The molecule has 1 heterocycles. The van der Waals surface area contributed by atoms with Crippen molar-refractivity contribution in [1.82, 2.24) is 4.31 Å². The Labute approximate surface area is 191 Å². The molecule has 0 aromatic heterocycles. The molecule has 1 unspecified atom stereocenters. The molecule has 1 aliphatic heterocycles. The quantitative estimate of drug-likeness (QED) is 0.576. The Balaban J connectivity index is 2.04. The van der Waals surface area contributed by atoms with Crippen LogP contribution in [0.25, 0.3) is 0 Å². The van der Waals surface area contributed by atoms with Crippen molar-refractivity contribution in [2.45, 2.75) is 27.6 Å². The van der Waals surface area contributed by atoms with Crippen molar-refractivity contribution < 1.29 is 31.8 Å². The zero-order valence-electron chi connectivity index (χ0n) is 17.0. The van der Waals surface area contributed by atoms with Crippen molar-refractivity contribution in [1.29, 1.82) is 5.26 Å². The molecule has 2 aromatic rings. The van der Waals surface area contributed by atoms with Crippen molar-refractivity contribution >= 4 is 31.5 Å². The number of ether oxygens (including phenoxy) is 1. The summed E-state index contributed by atoms with van der Waals surface area (Å²) in [6.07, 6.45) is 0. The zero-order valence-corrected chi connectivity index (χ0v) is 19.4. The van der Waals surface area contributed by atoms with Gasteiger partial charge < -0.3 is 14.9 Å². The molecule has 0 saturated carbocycles. The molecule has 0 spiro atoms. The molecule has 0 bridgehead atoms. The monoisotopic (exact) mass is 500 g/mol. The summed E-state index contributed by atoms with van der Waals surface area (Å²) in [5.74, 6) is -0.0666. The Hall–Kier alpha value is -2.20. The second-order valence-corrected chi connectivity index (χ2v) is 11.7. The van der Waals surface area contributed by atoms with E-state index >= 15 is 0 Å². The van der Waals surface area contributed by atoms with Crippen LogP contribution in [0.5, 0.6) is 5.75 Å². The Bertz CT molecular complexity index is 1260. The van der Waals surface area contributed by atoms with Gasteiger partial charge in [-0.25, -0.2) is 16.8 Å². The number of aliphatic hydroxyl groups excluding tert-OH is 1. The number of benzene rings is 2. The molecule has 12 heteroatoms. The summed E-state index contributed by atoms with van der Waals surface area (Å²) >= 11 is 5.81. The maximum absolute atomic E-state index is 13.3. The third-order valence-electron chi connectivity index (χ3n) is 5.20. The molecule has 1 aliphatic rings. The first-order chi connectivity index (χ1) is 15.0. The van der Waals surface area contributed by atoms with Crippen LogP contribution in [0.1, 0.15) is 12.5 Å². The maximum Gasteiger partial charge on any atom is 0.246 e. The first-order valence-electron chi connectivity index (χ1n) is 9.49. The van der Waals surface area contributed by atoms with Gasteiger partial charge in [0.25, 0.3) is 0 Å². The molecule has 0 amide bonds. The molecule has 2 N–H and O–H groups in total. The van der Waals surface area contributed by atoms with E-state index in [4.69, 9.17) is 21.6 Å². The second kappa shape index (κ2) is 8.97. The summed E-state index contributed by atoms with van der Waals surface area (Å²) in [5.41, 5.74) is -2.05. The highest BCUT2D eigenvalue weighted by molar-refractivity contribution is 7.92. The lowest BCUT2D eigenvalue weighted by Gasteiger charge is -2.26. The summed E-state index contributed by atoms with van der Waals surface area (Å²) in [6.45, 7) is -0.427. The van der Waals surface area contributed by atoms with Crippen LogP contribution in [-0.2, 0) is 19.9 Å². The van der Waals surface area contributed by atoms with E-state index in [0.717, 1.165) is 4.31 Å². The molecule has 32 heavy (non-hydrogen) atoms. The molecular formula is C20H21ClN2O7S2. The fraction of sp³-hybridized carbons (Fsp3) is 0.350. The van der Waals surface area contributed by atoms with Crippen molar-refractivity contribution in [2.24, 2.45) is 0 Å². The molecule has 0 radical (unpaired) electrons. The Kier molecular flexibility index (Phi) is 6.86. The SMILES string of the molecule is CCOc1cc(C#N)ccc1S(=O)(=O)N1CC(S(=O)(=O)c2ccc(Cl)cc2)[C@](O)(CO)C1. The average Bonchev–Trinajstić information content (AvgIpc) is 3.14. The van der Waals surface area contributed by atoms with Gasteiger partial charge in [0, 0.05) is 18.1 Å². The van der Waals surface area contributed by atoms with Crippen molar-refractivity contribution in [3.8, 4) is 11.8 Å². The van der Waals surface area contributed by atoms with E-state index in [-0.39, 0.29) is 27.7 Å². The van der Waals surface area contributed by atoms with E-state index in [2.05, 4.69) is 0 Å². The largest absolute Gasteiger partial charge is 0.492 e. The molecule has 3 rings (SSSR count). The number of nitriles is 1. The van der Waals surface area contributed by atoms with Gasteiger partial charge in [0.15, 0.2) is 9.84 Å². The zero-order chi connectivity index (χ0) is 23.7. The lowest BCUT2D eigenvalue weighted by molar-refractivity contribution is 0.00159. The van der Waals surface area contributed by atoms with Gasteiger partial charge in [0.1, 0.15) is 21.5 Å². The Morgan fingerprint density at radius 3 is 2.44 bits per heavy atom. The third-order valence-corrected chi connectivity index (χ3v) is 9.57. The Morgan fingerprint density at radius 1 is 1.22 bits per heavy atom. The highest BCUT2D eigenvalue weighted by Crippen LogP contribution is 2.37.